The van der Waals surface area contributed by atoms with Crippen LogP contribution < -0.4 is 5.56 Å². The van der Waals surface area contributed by atoms with Crippen molar-refractivity contribution < 1.29 is 9.90 Å². The summed E-state index contributed by atoms with van der Waals surface area (Å²) in [6, 6.07) is 4.15. The van der Waals surface area contributed by atoms with Gasteiger partial charge in [0.1, 0.15) is 5.82 Å². The fraction of sp³-hybridized carbons (Fsp3) is 0.0909. The molecule has 0 atom stereocenters. The molecule has 0 spiro atoms. The van der Waals surface area contributed by atoms with E-state index in [0.717, 1.165) is 0 Å². The number of pyridine rings is 1. The quantitative estimate of drug-likeness (QED) is 0.825. The SMILES string of the molecule is O=C(O)c1ccc(=O)n(Cc2ncccn2)c1. The molecule has 86 valence electrons. The van der Waals surface area contributed by atoms with Gasteiger partial charge in [0.15, 0.2) is 0 Å². The van der Waals surface area contributed by atoms with Crippen LogP contribution in [0.25, 0.3) is 0 Å². The molecule has 2 aromatic rings. The third kappa shape index (κ3) is 2.54. The van der Waals surface area contributed by atoms with E-state index in [4.69, 9.17) is 5.11 Å². The summed E-state index contributed by atoms with van der Waals surface area (Å²) in [6.45, 7) is 0.154. The third-order valence-corrected chi connectivity index (χ3v) is 2.16. The first-order chi connectivity index (χ1) is 8.16. The molecule has 0 saturated heterocycles. The van der Waals surface area contributed by atoms with Crippen LogP contribution in [-0.2, 0) is 6.54 Å². The first kappa shape index (κ1) is 11.0. The van der Waals surface area contributed by atoms with Crippen LogP contribution >= 0.6 is 0 Å². The summed E-state index contributed by atoms with van der Waals surface area (Å²) in [5.74, 6) is -0.620. The van der Waals surface area contributed by atoms with E-state index in [0.29, 0.717) is 5.82 Å². The lowest BCUT2D eigenvalue weighted by Crippen LogP contribution is -2.21. The number of nitrogens with zero attached hydrogens (tertiary/aromatic N) is 3. The maximum Gasteiger partial charge on any atom is 0.337 e. The summed E-state index contributed by atoms with van der Waals surface area (Å²) in [6.07, 6.45) is 4.41. The molecule has 0 amide bonds. The summed E-state index contributed by atoms with van der Waals surface area (Å²) in [5.41, 5.74) is -0.233. The molecule has 2 heterocycles. The third-order valence-electron chi connectivity index (χ3n) is 2.16. The smallest absolute Gasteiger partial charge is 0.337 e. The van der Waals surface area contributed by atoms with Crippen LogP contribution in [0.2, 0.25) is 0 Å². The van der Waals surface area contributed by atoms with Gasteiger partial charge in [-0.3, -0.25) is 4.79 Å². The van der Waals surface area contributed by atoms with Gasteiger partial charge in [0.2, 0.25) is 0 Å². The molecule has 0 fully saturated rings. The van der Waals surface area contributed by atoms with E-state index in [-0.39, 0.29) is 17.7 Å². The van der Waals surface area contributed by atoms with Gasteiger partial charge in [0, 0.05) is 24.7 Å². The molecule has 2 aromatic heterocycles. The van der Waals surface area contributed by atoms with Gasteiger partial charge in [0.05, 0.1) is 12.1 Å². The highest BCUT2D eigenvalue weighted by Crippen LogP contribution is 1.98. The molecule has 0 bridgehead atoms. The minimum atomic E-state index is -1.08. The molecule has 0 aromatic carbocycles. The van der Waals surface area contributed by atoms with Crippen LogP contribution in [0.5, 0.6) is 0 Å². The van der Waals surface area contributed by atoms with Crippen LogP contribution in [0.4, 0.5) is 0 Å². The Bertz CT molecular complexity index is 592. The van der Waals surface area contributed by atoms with Gasteiger partial charge in [-0.1, -0.05) is 0 Å². The van der Waals surface area contributed by atoms with Gasteiger partial charge >= 0.3 is 5.97 Å². The lowest BCUT2D eigenvalue weighted by atomic mass is 10.3. The molecular weight excluding hydrogens is 222 g/mol. The highest BCUT2D eigenvalue weighted by Gasteiger charge is 2.06. The highest BCUT2D eigenvalue weighted by atomic mass is 16.4. The molecule has 6 nitrogen and oxygen atoms in total. The summed E-state index contributed by atoms with van der Waals surface area (Å²) in [5, 5.41) is 8.82. The molecule has 0 aliphatic heterocycles. The standard InChI is InChI=1S/C11H9N3O3/c15-10-3-2-8(11(16)17)6-14(10)7-9-12-4-1-5-13-9/h1-6H,7H2,(H,16,17). The molecule has 0 saturated carbocycles. The topological polar surface area (TPSA) is 85.1 Å². The van der Waals surface area contributed by atoms with Crippen molar-refractivity contribution in [2.45, 2.75) is 6.54 Å². The molecule has 0 aliphatic carbocycles. The first-order valence-electron chi connectivity index (χ1n) is 4.86. The van der Waals surface area contributed by atoms with Crippen LogP contribution in [0, 0.1) is 0 Å². The van der Waals surface area contributed by atoms with E-state index >= 15 is 0 Å². The van der Waals surface area contributed by atoms with Gasteiger partial charge in [-0.15, -0.1) is 0 Å². The Labute approximate surface area is 96.2 Å². The van der Waals surface area contributed by atoms with Crippen LogP contribution in [0.1, 0.15) is 16.2 Å². The number of rotatable bonds is 3. The molecule has 2 rings (SSSR count). The molecule has 1 N–H and O–H groups in total. The van der Waals surface area contributed by atoms with Crippen LogP contribution in [0.3, 0.4) is 0 Å². The summed E-state index contributed by atoms with van der Waals surface area (Å²) in [7, 11) is 0. The summed E-state index contributed by atoms with van der Waals surface area (Å²) >= 11 is 0. The molecule has 6 heteroatoms. The van der Waals surface area contributed by atoms with Crippen LogP contribution in [-0.4, -0.2) is 25.6 Å². The number of carbonyl (C=O) groups is 1. The van der Waals surface area contributed by atoms with E-state index in [1.54, 1.807) is 18.5 Å². The maximum absolute atomic E-state index is 11.5. The van der Waals surface area contributed by atoms with Crippen molar-refractivity contribution in [3.8, 4) is 0 Å². The second kappa shape index (κ2) is 4.56. The van der Waals surface area contributed by atoms with Gasteiger partial charge in [0.25, 0.3) is 5.56 Å². The Balaban J connectivity index is 2.36. The Morgan fingerprint density at radius 2 is 2.00 bits per heavy atom. The number of hydrogen-bond acceptors (Lipinski definition) is 4. The number of carboxylic acids is 1. The molecule has 0 unspecified atom stereocenters. The number of aromatic nitrogens is 3. The lowest BCUT2D eigenvalue weighted by molar-refractivity contribution is 0.0696. The molecule has 17 heavy (non-hydrogen) atoms. The minimum absolute atomic E-state index is 0.0560. The zero-order valence-corrected chi connectivity index (χ0v) is 8.78. The van der Waals surface area contributed by atoms with Crippen molar-refractivity contribution in [1.82, 2.24) is 14.5 Å². The van der Waals surface area contributed by atoms with Crippen molar-refractivity contribution in [2.75, 3.05) is 0 Å². The van der Waals surface area contributed by atoms with Crippen molar-refractivity contribution in [3.05, 3.63) is 58.5 Å². The largest absolute Gasteiger partial charge is 0.478 e. The predicted octanol–water partition coefficient (Wildman–Crippen LogP) is 0.385. The zero-order valence-electron chi connectivity index (χ0n) is 8.78. The fourth-order valence-electron chi connectivity index (χ4n) is 1.35. The minimum Gasteiger partial charge on any atom is -0.478 e. The van der Waals surface area contributed by atoms with E-state index in [1.807, 2.05) is 0 Å². The van der Waals surface area contributed by atoms with Crippen molar-refractivity contribution in [2.24, 2.45) is 0 Å². The monoisotopic (exact) mass is 231 g/mol. The van der Waals surface area contributed by atoms with Gasteiger partial charge < -0.3 is 9.67 Å². The van der Waals surface area contributed by atoms with Crippen molar-refractivity contribution >= 4 is 5.97 Å². The van der Waals surface area contributed by atoms with Crippen molar-refractivity contribution in [3.63, 3.8) is 0 Å². The van der Waals surface area contributed by atoms with Crippen LogP contribution in [0.15, 0.2) is 41.6 Å². The molecule has 0 aliphatic rings. The first-order valence-corrected chi connectivity index (χ1v) is 4.86. The lowest BCUT2D eigenvalue weighted by Gasteiger charge is -2.04. The number of carboxylic acid groups (broad SMARTS) is 1. The van der Waals surface area contributed by atoms with Gasteiger partial charge in [-0.05, 0) is 12.1 Å². The average molecular weight is 231 g/mol. The maximum atomic E-state index is 11.5. The van der Waals surface area contributed by atoms with E-state index in [9.17, 15) is 9.59 Å². The Morgan fingerprint density at radius 1 is 1.29 bits per heavy atom. The number of aromatic carboxylic acids is 1. The highest BCUT2D eigenvalue weighted by molar-refractivity contribution is 5.87. The molecule has 0 radical (unpaired) electrons. The molecular formula is C11H9N3O3. The number of hydrogen-bond donors (Lipinski definition) is 1. The summed E-state index contributed by atoms with van der Waals surface area (Å²) in [4.78, 5) is 30.2. The van der Waals surface area contributed by atoms with Crippen molar-refractivity contribution in [1.29, 1.82) is 0 Å². The van der Waals surface area contributed by atoms with E-state index in [1.165, 1.54) is 22.9 Å². The Kier molecular flexibility index (Phi) is 2.95. The normalized spacial score (nSPS) is 10.1. The van der Waals surface area contributed by atoms with E-state index < -0.39 is 5.97 Å². The van der Waals surface area contributed by atoms with Gasteiger partial charge in [-0.2, -0.15) is 0 Å². The van der Waals surface area contributed by atoms with E-state index in [2.05, 4.69) is 9.97 Å². The predicted molar refractivity (Wildman–Crippen MR) is 58.8 cm³/mol. The fourth-order valence-corrected chi connectivity index (χ4v) is 1.35. The second-order valence-corrected chi connectivity index (χ2v) is 3.35. The average Bonchev–Trinajstić information content (AvgIpc) is 2.33. The summed E-state index contributed by atoms with van der Waals surface area (Å²) < 4.78 is 1.26. The second-order valence-electron chi connectivity index (χ2n) is 3.35. The zero-order chi connectivity index (χ0) is 12.3. The van der Waals surface area contributed by atoms with Gasteiger partial charge in [-0.25, -0.2) is 14.8 Å². The Hall–Kier alpha value is -2.50. The Morgan fingerprint density at radius 3 is 2.65 bits per heavy atom.